The lowest BCUT2D eigenvalue weighted by Crippen LogP contribution is -2.20. The van der Waals surface area contributed by atoms with Crippen LogP contribution in [-0.2, 0) is 4.79 Å². The molecule has 1 atom stereocenters. The van der Waals surface area contributed by atoms with Gasteiger partial charge < -0.3 is 11.1 Å². The topological polar surface area (TPSA) is 80.9 Å². The molecule has 1 unspecified atom stereocenters. The second kappa shape index (κ2) is 5.66. The fourth-order valence-electron chi connectivity index (χ4n) is 1.02. The van der Waals surface area contributed by atoms with E-state index in [9.17, 15) is 4.79 Å². The van der Waals surface area contributed by atoms with Crippen LogP contribution in [0.3, 0.4) is 0 Å². The van der Waals surface area contributed by atoms with Gasteiger partial charge in [0.05, 0.1) is 6.20 Å². The molecule has 0 aliphatic heterocycles. The minimum atomic E-state index is -0.0133. The summed E-state index contributed by atoms with van der Waals surface area (Å²) in [5.41, 5.74) is 5.36. The third-order valence-corrected chi connectivity index (χ3v) is 2.48. The van der Waals surface area contributed by atoms with E-state index in [0.29, 0.717) is 11.5 Å². The van der Waals surface area contributed by atoms with Gasteiger partial charge in [-0.25, -0.2) is 0 Å². The fraction of sp³-hybridized carbons (Fsp3) is 0.625. The maximum atomic E-state index is 11.5. The molecule has 0 spiro atoms. The van der Waals surface area contributed by atoms with Gasteiger partial charge in [0.25, 0.3) is 0 Å². The molecular formula is C8H14N4OS. The molecule has 0 fully saturated rings. The molecule has 0 aromatic carbocycles. The number of hydrogen-bond acceptors (Lipinski definition) is 5. The van der Waals surface area contributed by atoms with Crippen LogP contribution >= 0.6 is 11.5 Å². The molecule has 0 aliphatic carbocycles. The van der Waals surface area contributed by atoms with E-state index in [1.54, 1.807) is 0 Å². The first-order chi connectivity index (χ1) is 6.74. The number of rotatable bonds is 5. The Balaban J connectivity index is 2.34. The zero-order chi connectivity index (χ0) is 10.4. The summed E-state index contributed by atoms with van der Waals surface area (Å²) in [5.74, 6) is -0.00912. The van der Waals surface area contributed by atoms with Gasteiger partial charge in [-0.2, -0.15) is 0 Å². The molecule has 0 saturated heterocycles. The Labute approximate surface area is 86.9 Å². The number of carbonyl (C=O) groups is 1. The molecule has 6 heteroatoms. The number of anilines is 1. The molecule has 1 aromatic rings. The van der Waals surface area contributed by atoms with Crippen LogP contribution in [0.2, 0.25) is 0 Å². The second-order valence-electron chi connectivity index (χ2n) is 3.10. The van der Waals surface area contributed by atoms with Crippen molar-refractivity contribution in [2.24, 2.45) is 11.7 Å². The van der Waals surface area contributed by atoms with Gasteiger partial charge in [0, 0.05) is 17.5 Å². The third kappa shape index (κ3) is 3.39. The monoisotopic (exact) mass is 214 g/mol. The normalized spacial score (nSPS) is 12.4. The number of amides is 1. The van der Waals surface area contributed by atoms with E-state index < -0.39 is 0 Å². The lowest BCUT2D eigenvalue weighted by molar-refractivity contribution is -0.119. The van der Waals surface area contributed by atoms with E-state index in [1.807, 2.05) is 6.92 Å². The Morgan fingerprint density at radius 2 is 2.57 bits per heavy atom. The van der Waals surface area contributed by atoms with Crippen LogP contribution in [0.25, 0.3) is 0 Å². The van der Waals surface area contributed by atoms with Gasteiger partial charge in [-0.1, -0.05) is 11.4 Å². The molecule has 1 amide bonds. The van der Waals surface area contributed by atoms with Crippen molar-refractivity contribution < 1.29 is 4.79 Å². The van der Waals surface area contributed by atoms with Gasteiger partial charge in [-0.05, 0) is 19.4 Å². The highest BCUT2D eigenvalue weighted by atomic mass is 32.1. The number of nitrogens with two attached hydrogens (primary N) is 1. The SMILES string of the molecule is CC(CCCN)C(=O)Nc1cnns1. The van der Waals surface area contributed by atoms with E-state index in [1.165, 1.54) is 17.7 Å². The second-order valence-corrected chi connectivity index (χ2v) is 3.89. The van der Waals surface area contributed by atoms with Crippen LogP contribution in [0.15, 0.2) is 6.20 Å². The molecule has 14 heavy (non-hydrogen) atoms. The molecule has 78 valence electrons. The average molecular weight is 214 g/mol. The molecule has 0 bridgehead atoms. The summed E-state index contributed by atoms with van der Waals surface area (Å²) >= 11 is 1.17. The van der Waals surface area contributed by atoms with Crippen molar-refractivity contribution in [1.29, 1.82) is 0 Å². The first kappa shape index (κ1) is 11.1. The van der Waals surface area contributed by atoms with Crippen LogP contribution < -0.4 is 11.1 Å². The average Bonchev–Trinajstić information content (AvgIpc) is 2.66. The van der Waals surface area contributed by atoms with Gasteiger partial charge >= 0.3 is 0 Å². The minimum absolute atomic E-state index is 0.00417. The van der Waals surface area contributed by atoms with Crippen molar-refractivity contribution in [2.45, 2.75) is 19.8 Å². The molecule has 0 aliphatic rings. The van der Waals surface area contributed by atoms with Crippen molar-refractivity contribution in [3.63, 3.8) is 0 Å². The molecule has 0 saturated carbocycles. The molecule has 3 N–H and O–H groups in total. The van der Waals surface area contributed by atoms with Crippen LogP contribution in [0.4, 0.5) is 5.00 Å². The number of hydrogen-bond donors (Lipinski definition) is 2. The Kier molecular flexibility index (Phi) is 4.48. The first-order valence-electron chi connectivity index (χ1n) is 4.52. The molecule has 0 radical (unpaired) electrons. The smallest absolute Gasteiger partial charge is 0.227 e. The maximum absolute atomic E-state index is 11.5. The highest BCUT2D eigenvalue weighted by Gasteiger charge is 2.12. The Morgan fingerprint density at radius 3 is 3.14 bits per heavy atom. The summed E-state index contributed by atoms with van der Waals surface area (Å²) < 4.78 is 3.65. The van der Waals surface area contributed by atoms with Crippen LogP contribution in [0.5, 0.6) is 0 Å². The number of aromatic nitrogens is 2. The quantitative estimate of drug-likeness (QED) is 0.761. The van der Waals surface area contributed by atoms with E-state index >= 15 is 0 Å². The Morgan fingerprint density at radius 1 is 1.79 bits per heavy atom. The zero-order valence-corrected chi connectivity index (χ0v) is 8.88. The lowest BCUT2D eigenvalue weighted by Gasteiger charge is -2.09. The van der Waals surface area contributed by atoms with Gasteiger partial charge in [-0.15, -0.1) is 5.10 Å². The molecule has 1 aromatic heterocycles. The van der Waals surface area contributed by atoms with E-state index in [4.69, 9.17) is 5.73 Å². The highest BCUT2D eigenvalue weighted by molar-refractivity contribution is 7.10. The van der Waals surface area contributed by atoms with Crippen LogP contribution in [-0.4, -0.2) is 22.0 Å². The van der Waals surface area contributed by atoms with Crippen molar-refractivity contribution >= 4 is 22.4 Å². The number of nitrogens with zero attached hydrogens (tertiary/aromatic N) is 2. The zero-order valence-electron chi connectivity index (χ0n) is 8.06. The van der Waals surface area contributed by atoms with Gasteiger partial charge in [0.1, 0.15) is 5.00 Å². The van der Waals surface area contributed by atoms with E-state index in [0.717, 1.165) is 12.8 Å². The predicted octanol–water partition coefficient (Wildman–Crippen LogP) is 0.852. The van der Waals surface area contributed by atoms with Crippen molar-refractivity contribution in [3.8, 4) is 0 Å². The summed E-state index contributed by atoms with van der Waals surface area (Å²) in [6, 6.07) is 0. The minimum Gasteiger partial charge on any atom is -0.330 e. The molecular weight excluding hydrogens is 200 g/mol. The number of carbonyl (C=O) groups excluding carboxylic acids is 1. The number of nitrogens with one attached hydrogen (secondary N) is 1. The first-order valence-corrected chi connectivity index (χ1v) is 5.29. The van der Waals surface area contributed by atoms with Crippen molar-refractivity contribution in [1.82, 2.24) is 9.59 Å². The van der Waals surface area contributed by atoms with Crippen molar-refractivity contribution in [2.75, 3.05) is 11.9 Å². The van der Waals surface area contributed by atoms with Gasteiger partial charge in [-0.3, -0.25) is 4.79 Å². The van der Waals surface area contributed by atoms with Crippen LogP contribution in [0.1, 0.15) is 19.8 Å². The standard InChI is InChI=1S/C8H14N4OS/c1-6(3-2-4-9)8(13)11-7-5-10-12-14-7/h5-6H,2-4,9H2,1H3,(H,11,13). The molecule has 1 heterocycles. The third-order valence-electron chi connectivity index (χ3n) is 1.90. The van der Waals surface area contributed by atoms with Gasteiger partial charge in [0.15, 0.2) is 0 Å². The van der Waals surface area contributed by atoms with E-state index in [2.05, 4.69) is 14.9 Å². The summed E-state index contributed by atoms with van der Waals surface area (Å²) in [5, 5.41) is 7.06. The van der Waals surface area contributed by atoms with E-state index in [-0.39, 0.29) is 11.8 Å². The fourth-order valence-corrected chi connectivity index (χ4v) is 1.44. The Hall–Kier alpha value is -1.01. The summed E-state index contributed by atoms with van der Waals surface area (Å²) in [6.45, 7) is 2.51. The Bertz CT molecular complexity index is 275. The lowest BCUT2D eigenvalue weighted by atomic mass is 10.1. The summed E-state index contributed by atoms with van der Waals surface area (Å²) in [4.78, 5) is 11.5. The predicted molar refractivity (Wildman–Crippen MR) is 56.0 cm³/mol. The van der Waals surface area contributed by atoms with Crippen molar-refractivity contribution in [3.05, 3.63) is 6.20 Å². The highest BCUT2D eigenvalue weighted by Crippen LogP contribution is 2.13. The summed E-state index contributed by atoms with van der Waals surface area (Å²) in [7, 11) is 0. The van der Waals surface area contributed by atoms with Gasteiger partial charge in [0.2, 0.25) is 5.91 Å². The summed E-state index contributed by atoms with van der Waals surface area (Å²) in [6.07, 6.45) is 3.22. The maximum Gasteiger partial charge on any atom is 0.227 e. The molecule has 5 nitrogen and oxygen atoms in total. The van der Waals surface area contributed by atoms with Crippen LogP contribution in [0, 0.1) is 5.92 Å². The largest absolute Gasteiger partial charge is 0.330 e. The molecule has 1 rings (SSSR count).